The average molecular weight is 321 g/mol. The van der Waals surface area contributed by atoms with E-state index < -0.39 is 5.60 Å². The smallest absolute Gasteiger partial charge is 0.410 e. The molecule has 1 aromatic rings. The number of carbonyl (C=O) groups is 2. The standard InChI is InChI=1S/C16H23N3O4/c1-11(2)7-12-8-13(23-17-12)14(20)19-6-4-5-16(10-19)9-18(3)15(21)22-16/h8,11H,4-7,9-10H2,1-3H3/t16-/m1/s1. The number of amides is 2. The summed E-state index contributed by atoms with van der Waals surface area (Å²) in [5.74, 6) is 0.530. The molecule has 2 saturated heterocycles. The van der Waals surface area contributed by atoms with Gasteiger partial charge in [-0.1, -0.05) is 19.0 Å². The summed E-state index contributed by atoms with van der Waals surface area (Å²) in [5, 5.41) is 3.97. The van der Waals surface area contributed by atoms with Gasteiger partial charge in [-0.25, -0.2) is 4.79 Å². The van der Waals surface area contributed by atoms with Gasteiger partial charge in [0, 0.05) is 19.7 Å². The highest BCUT2D eigenvalue weighted by Crippen LogP contribution is 2.32. The van der Waals surface area contributed by atoms with Crippen molar-refractivity contribution in [1.29, 1.82) is 0 Å². The van der Waals surface area contributed by atoms with E-state index >= 15 is 0 Å². The maximum absolute atomic E-state index is 12.6. The van der Waals surface area contributed by atoms with E-state index in [1.165, 1.54) is 0 Å². The van der Waals surface area contributed by atoms with Crippen molar-refractivity contribution in [3.8, 4) is 0 Å². The molecule has 0 aromatic carbocycles. The molecule has 7 heteroatoms. The first-order valence-corrected chi connectivity index (χ1v) is 8.07. The van der Waals surface area contributed by atoms with Crippen LogP contribution in [0, 0.1) is 5.92 Å². The Balaban J connectivity index is 1.70. The molecule has 2 amide bonds. The quantitative estimate of drug-likeness (QED) is 0.850. The van der Waals surface area contributed by atoms with Gasteiger partial charge in [0.05, 0.1) is 18.8 Å². The molecule has 3 heterocycles. The van der Waals surface area contributed by atoms with E-state index in [0.717, 1.165) is 25.0 Å². The van der Waals surface area contributed by atoms with E-state index in [2.05, 4.69) is 19.0 Å². The maximum Gasteiger partial charge on any atom is 0.410 e. The van der Waals surface area contributed by atoms with Crippen molar-refractivity contribution in [2.24, 2.45) is 5.92 Å². The molecular formula is C16H23N3O4. The predicted octanol–water partition coefficient (Wildman–Crippen LogP) is 1.93. The first-order chi connectivity index (χ1) is 10.9. The Labute approximate surface area is 135 Å². The summed E-state index contributed by atoms with van der Waals surface area (Å²) in [4.78, 5) is 27.6. The number of hydrogen-bond donors (Lipinski definition) is 0. The summed E-state index contributed by atoms with van der Waals surface area (Å²) in [6, 6.07) is 1.72. The molecule has 0 saturated carbocycles. The van der Waals surface area contributed by atoms with E-state index in [4.69, 9.17) is 9.26 Å². The summed E-state index contributed by atoms with van der Waals surface area (Å²) >= 11 is 0. The number of piperidine rings is 1. The van der Waals surface area contributed by atoms with Crippen molar-refractivity contribution >= 4 is 12.0 Å². The van der Waals surface area contributed by atoms with Crippen molar-refractivity contribution in [2.45, 2.75) is 38.7 Å². The lowest BCUT2D eigenvalue weighted by Crippen LogP contribution is -2.52. The molecule has 2 fully saturated rings. The Morgan fingerprint density at radius 2 is 2.22 bits per heavy atom. The van der Waals surface area contributed by atoms with Crippen LogP contribution in [0.3, 0.4) is 0 Å². The Kier molecular flexibility index (Phi) is 4.04. The number of likely N-dealkylation sites (tertiary alicyclic amines) is 1. The maximum atomic E-state index is 12.6. The third kappa shape index (κ3) is 3.18. The van der Waals surface area contributed by atoms with Gasteiger partial charge in [-0.2, -0.15) is 0 Å². The summed E-state index contributed by atoms with van der Waals surface area (Å²) in [6.07, 6.45) is 2.04. The zero-order valence-corrected chi connectivity index (χ0v) is 13.9. The Hall–Kier alpha value is -2.05. The third-order valence-electron chi connectivity index (χ3n) is 4.35. The van der Waals surface area contributed by atoms with Crippen molar-refractivity contribution in [2.75, 3.05) is 26.7 Å². The van der Waals surface area contributed by atoms with Crippen LogP contribution < -0.4 is 0 Å². The number of aromatic nitrogens is 1. The van der Waals surface area contributed by atoms with Gasteiger partial charge in [0.1, 0.15) is 5.60 Å². The second-order valence-corrected chi connectivity index (χ2v) is 7.02. The second-order valence-electron chi connectivity index (χ2n) is 7.02. The number of nitrogens with zero attached hydrogens (tertiary/aromatic N) is 3. The third-order valence-corrected chi connectivity index (χ3v) is 4.35. The summed E-state index contributed by atoms with van der Waals surface area (Å²) < 4.78 is 10.7. The average Bonchev–Trinajstić information content (AvgIpc) is 3.03. The van der Waals surface area contributed by atoms with Gasteiger partial charge in [-0.3, -0.25) is 4.79 Å². The van der Waals surface area contributed by atoms with Crippen LogP contribution in [0.15, 0.2) is 10.6 Å². The topological polar surface area (TPSA) is 75.9 Å². The number of hydrogen-bond acceptors (Lipinski definition) is 5. The predicted molar refractivity (Wildman–Crippen MR) is 82.0 cm³/mol. The zero-order chi connectivity index (χ0) is 16.6. The molecule has 23 heavy (non-hydrogen) atoms. The minimum atomic E-state index is -0.583. The highest BCUT2D eigenvalue weighted by Gasteiger charge is 2.47. The first-order valence-electron chi connectivity index (χ1n) is 8.07. The van der Waals surface area contributed by atoms with Crippen LogP contribution in [0.4, 0.5) is 4.79 Å². The molecule has 0 bridgehead atoms. The van der Waals surface area contributed by atoms with Crippen LogP contribution in [0.2, 0.25) is 0 Å². The fourth-order valence-corrected chi connectivity index (χ4v) is 3.36. The normalized spacial score (nSPS) is 24.6. The molecular weight excluding hydrogens is 298 g/mol. The zero-order valence-electron chi connectivity index (χ0n) is 13.9. The largest absolute Gasteiger partial charge is 0.439 e. The Morgan fingerprint density at radius 1 is 1.43 bits per heavy atom. The van der Waals surface area contributed by atoms with Crippen molar-refractivity contribution < 1.29 is 18.8 Å². The molecule has 2 aliphatic rings. The first kappa shape index (κ1) is 15.8. The van der Waals surface area contributed by atoms with Gasteiger partial charge in [0.25, 0.3) is 5.91 Å². The van der Waals surface area contributed by atoms with Crippen LogP contribution in [0.1, 0.15) is 42.9 Å². The Bertz CT molecular complexity index is 612. The number of rotatable bonds is 3. The van der Waals surface area contributed by atoms with Gasteiger partial charge < -0.3 is 19.1 Å². The van der Waals surface area contributed by atoms with Crippen molar-refractivity contribution in [3.63, 3.8) is 0 Å². The van der Waals surface area contributed by atoms with E-state index in [9.17, 15) is 9.59 Å². The molecule has 0 aliphatic carbocycles. The number of likely N-dealkylation sites (N-methyl/N-ethyl adjacent to an activating group) is 1. The summed E-state index contributed by atoms with van der Waals surface area (Å²) in [7, 11) is 1.71. The lowest BCUT2D eigenvalue weighted by molar-refractivity contribution is -0.00646. The lowest BCUT2D eigenvalue weighted by atomic mass is 9.92. The van der Waals surface area contributed by atoms with Crippen LogP contribution >= 0.6 is 0 Å². The fourth-order valence-electron chi connectivity index (χ4n) is 3.36. The highest BCUT2D eigenvalue weighted by atomic mass is 16.6. The Morgan fingerprint density at radius 3 is 2.87 bits per heavy atom. The summed E-state index contributed by atoms with van der Waals surface area (Å²) in [5.41, 5.74) is 0.211. The number of carbonyl (C=O) groups excluding carboxylic acids is 2. The molecule has 3 rings (SSSR count). The van der Waals surface area contributed by atoms with Gasteiger partial charge >= 0.3 is 6.09 Å². The van der Waals surface area contributed by atoms with Gasteiger partial charge in [-0.15, -0.1) is 0 Å². The SMILES string of the molecule is CC(C)Cc1cc(C(=O)N2CCC[C@@]3(CN(C)C(=O)O3)C2)on1. The van der Waals surface area contributed by atoms with Crippen LogP contribution in [0.25, 0.3) is 0 Å². The molecule has 1 atom stereocenters. The molecule has 7 nitrogen and oxygen atoms in total. The molecule has 1 aromatic heterocycles. The fraction of sp³-hybridized carbons (Fsp3) is 0.688. The van der Waals surface area contributed by atoms with E-state index in [-0.39, 0.29) is 17.8 Å². The highest BCUT2D eigenvalue weighted by molar-refractivity contribution is 5.91. The monoisotopic (exact) mass is 321 g/mol. The van der Waals surface area contributed by atoms with E-state index in [1.807, 2.05) is 0 Å². The molecule has 0 radical (unpaired) electrons. The van der Waals surface area contributed by atoms with E-state index in [1.54, 1.807) is 22.9 Å². The second kappa shape index (κ2) is 5.86. The molecule has 0 unspecified atom stereocenters. The lowest BCUT2D eigenvalue weighted by Gasteiger charge is -2.37. The van der Waals surface area contributed by atoms with E-state index in [0.29, 0.717) is 25.6 Å². The molecule has 0 N–H and O–H groups in total. The van der Waals surface area contributed by atoms with Gasteiger partial charge in [-0.05, 0) is 25.2 Å². The van der Waals surface area contributed by atoms with Crippen molar-refractivity contribution in [1.82, 2.24) is 15.0 Å². The minimum Gasteiger partial charge on any atom is -0.439 e. The van der Waals surface area contributed by atoms with Crippen LogP contribution in [-0.2, 0) is 11.2 Å². The van der Waals surface area contributed by atoms with Crippen molar-refractivity contribution in [3.05, 3.63) is 17.5 Å². The van der Waals surface area contributed by atoms with Crippen LogP contribution in [0.5, 0.6) is 0 Å². The molecule has 2 aliphatic heterocycles. The van der Waals surface area contributed by atoms with Gasteiger partial charge in [0.15, 0.2) is 0 Å². The molecule has 1 spiro atoms. The number of ether oxygens (including phenoxy) is 1. The van der Waals surface area contributed by atoms with Gasteiger partial charge in [0.2, 0.25) is 5.76 Å². The minimum absolute atomic E-state index is 0.183. The summed E-state index contributed by atoms with van der Waals surface area (Å²) in [6.45, 7) is 5.75. The van der Waals surface area contributed by atoms with Crippen LogP contribution in [-0.4, -0.2) is 59.2 Å². The molecule has 126 valence electrons.